The SMILES string of the molecule is CN(C(=O)c1cccc(C=CC(=O)Nc2ccccc2-c2nccs2)c1)c1cccc(C(F)(F)F)c1. The lowest BCUT2D eigenvalue weighted by Crippen LogP contribution is -2.26. The molecule has 0 aliphatic heterocycles. The van der Waals surface area contributed by atoms with Crippen LogP contribution in [0.15, 0.2) is 90.4 Å². The average molecular weight is 508 g/mol. The zero-order valence-electron chi connectivity index (χ0n) is 19.0. The lowest BCUT2D eigenvalue weighted by atomic mass is 10.1. The molecule has 0 fully saturated rings. The number of benzene rings is 3. The molecule has 4 rings (SSSR count). The first-order valence-electron chi connectivity index (χ1n) is 10.8. The molecule has 4 aromatic rings. The van der Waals surface area contributed by atoms with Crippen molar-refractivity contribution in [3.63, 3.8) is 0 Å². The number of halogens is 3. The van der Waals surface area contributed by atoms with Gasteiger partial charge in [0.05, 0.1) is 11.3 Å². The second-order valence-electron chi connectivity index (χ2n) is 7.74. The van der Waals surface area contributed by atoms with Gasteiger partial charge in [-0.3, -0.25) is 9.59 Å². The maximum atomic E-state index is 13.0. The zero-order valence-corrected chi connectivity index (χ0v) is 19.8. The van der Waals surface area contributed by atoms with Gasteiger partial charge in [-0.25, -0.2) is 4.98 Å². The Morgan fingerprint density at radius 1 is 1.00 bits per heavy atom. The molecule has 1 aromatic heterocycles. The van der Waals surface area contributed by atoms with Crippen LogP contribution in [0.25, 0.3) is 16.6 Å². The average Bonchev–Trinajstić information content (AvgIpc) is 3.41. The molecule has 1 N–H and O–H groups in total. The lowest BCUT2D eigenvalue weighted by molar-refractivity contribution is -0.137. The van der Waals surface area contributed by atoms with Gasteiger partial charge in [0.2, 0.25) is 5.91 Å². The summed E-state index contributed by atoms with van der Waals surface area (Å²) in [7, 11) is 1.41. The van der Waals surface area contributed by atoms with Crippen molar-refractivity contribution in [1.82, 2.24) is 4.98 Å². The molecule has 0 bridgehead atoms. The van der Waals surface area contributed by atoms with Crippen molar-refractivity contribution < 1.29 is 22.8 Å². The summed E-state index contributed by atoms with van der Waals surface area (Å²) >= 11 is 1.46. The highest BCUT2D eigenvalue weighted by Gasteiger charge is 2.31. The molecule has 0 spiro atoms. The summed E-state index contributed by atoms with van der Waals surface area (Å²) in [5.41, 5.74) is 1.56. The third-order valence-corrected chi connectivity index (χ3v) is 6.08. The Labute approximate surface area is 209 Å². The molecule has 36 heavy (non-hydrogen) atoms. The van der Waals surface area contributed by atoms with E-state index >= 15 is 0 Å². The van der Waals surface area contributed by atoms with Crippen molar-refractivity contribution in [1.29, 1.82) is 0 Å². The second-order valence-corrected chi connectivity index (χ2v) is 8.64. The van der Waals surface area contributed by atoms with Crippen LogP contribution in [-0.2, 0) is 11.0 Å². The third kappa shape index (κ3) is 5.87. The van der Waals surface area contributed by atoms with E-state index < -0.39 is 17.6 Å². The van der Waals surface area contributed by atoms with E-state index in [2.05, 4.69) is 10.3 Å². The Morgan fingerprint density at radius 2 is 1.78 bits per heavy atom. The fourth-order valence-electron chi connectivity index (χ4n) is 3.46. The van der Waals surface area contributed by atoms with E-state index in [1.54, 1.807) is 42.6 Å². The molecule has 0 saturated carbocycles. The molecule has 1 heterocycles. The highest BCUT2D eigenvalue weighted by molar-refractivity contribution is 7.13. The van der Waals surface area contributed by atoms with E-state index in [0.717, 1.165) is 27.6 Å². The standard InChI is InChI=1S/C27H20F3N3O2S/c1-33(21-9-5-8-20(17-21)27(28,29)30)26(35)19-7-4-6-18(16-19)12-13-24(34)32-23-11-3-2-10-22(23)25-31-14-15-36-25/h2-17H,1H3,(H,32,34). The number of hydrogen-bond acceptors (Lipinski definition) is 4. The predicted molar refractivity (Wildman–Crippen MR) is 136 cm³/mol. The first kappa shape index (κ1) is 24.9. The smallest absolute Gasteiger partial charge is 0.322 e. The number of rotatable bonds is 6. The number of nitrogens with zero attached hydrogens (tertiary/aromatic N) is 2. The van der Waals surface area contributed by atoms with Crippen LogP contribution in [0.3, 0.4) is 0 Å². The summed E-state index contributed by atoms with van der Waals surface area (Å²) in [6, 6.07) is 18.4. The summed E-state index contributed by atoms with van der Waals surface area (Å²) in [6.07, 6.45) is 0.0877. The Morgan fingerprint density at radius 3 is 2.53 bits per heavy atom. The van der Waals surface area contributed by atoms with Gasteiger partial charge in [-0.2, -0.15) is 13.2 Å². The van der Waals surface area contributed by atoms with Crippen LogP contribution in [0.1, 0.15) is 21.5 Å². The molecule has 0 atom stereocenters. The number of aromatic nitrogens is 1. The minimum absolute atomic E-state index is 0.119. The number of carbonyl (C=O) groups excluding carboxylic acids is 2. The Bertz CT molecular complexity index is 1420. The molecule has 0 saturated heterocycles. The van der Waals surface area contributed by atoms with Crippen LogP contribution in [0.4, 0.5) is 24.5 Å². The zero-order chi connectivity index (χ0) is 25.7. The van der Waals surface area contributed by atoms with Gasteiger partial charge in [0.25, 0.3) is 5.91 Å². The van der Waals surface area contributed by atoms with Crippen LogP contribution < -0.4 is 10.2 Å². The van der Waals surface area contributed by atoms with E-state index in [9.17, 15) is 22.8 Å². The van der Waals surface area contributed by atoms with Gasteiger partial charge >= 0.3 is 6.18 Å². The van der Waals surface area contributed by atoms with Crippen molar-refractivity contribution in [2.24, 2.45) is 0 Å². The van der Waals surface area contributed by atoms with E-state index in [0.29, 0.717) is 11.3 Å². The van der Waals surface area contributed by atoms with Crippen molar-refractivity contribution in [3.8, 4) is 10.6 Å². The minimum Gasteiger partial charge on any atom is -0.322 e. The fraction of sp³-hybridized carbons (Fsp3) is 0.0741. The summed E-state index contributed by atoms with van der Waals surface area (Å²) < 4.78 is 39.1. The van der Waals surface area contributed by atoms with E-state index in [1.807, 2.05) is 23.6 Å². The highest BCUT2D eigenvalue weighted by atomic mass is 32.1. The van der Waals surface area contributed by atoms with E-state index in [1.165, 1.54) is 36.6 Å². The monoisotopic (exact) mass is 507 g/mol. The van der Waals surface area contributed by atoms with Gasteiger partial charge < -0.3 is 10.2 Å². The molecule has 0 unspecified atom stereocenters. The number of alkyl halides is 3. The summed E-state index contributed by atoms with van der Waals surface area (Å²) in [6.45, 7) is 0. The number of thiazole rings is 1. The van der Waals surface area contributed by atoms with E-state index in [4.69, 9.17) is 0 Å². The van der Waals surface area contributed by atoms with Crippen molar-refractivity contribution in [2.45, 2.75) is 6.18 Å². The molecule has 0 aliphatic rings. The minimum atomic E-state index is -4.51. The second kappa shape index (κ2) is 10.6. The number of anilines is 2. The van der Waals surface area contributed by atoms with Gasteiger partial charge in [0.1, 0.15) is 5.01 Å². The van der Waals surface area contributed by atoms with Gasteiger partial charge in [-0.15, -0.1) is 11.3 Å². The van der Waals surface area contributed by atoms with Crippen molar-refractivity contribution in [3.05, 3.63) is 107 Å². The first-order valence-corrected chi connectivity index (χ1v) is 11.6. The molecule has 2 amide bonds. The first-order chi connectivity index (χ1) is 17.2. The molecule has 0 aliphatic carbocycles. The summed E-state index contributed by atoms with van der Waals surface area (Å²) in [5.74, 6) is -0.844. The van der Waals surface area contributed by atoms with Crippen molar-refractivity contribution >= 4 is 40.6 Å². The molecule has 5 nitrogen and oxygen atoms in total. The lowest BCUT2D eigenvalue weighted by Gasteiger charge is -2.19. The Kier molecular flexibility index (Phi) is 7.30. The third-order valence-electron chi connectivity index (χ3n) is 5.27. The van der Waals surface area contributed by atoms with Crippen LogP contribution in [0.5, 0.6) is 0 Å². The Hall–Kier alpha value is -4.24. The number of amides is 2. The largest absolute Gasteiger partial charge is 0.416 e. The molecular formula is C27H20F3N3O2S. The number of nitrogens with one attached hydrogen (secondary N) is 1. The van der Waals surface area contributed by atoms with Gasteiger partial charge in [-0.05, 0) is 54.1 Å². The van der Waals surface area contributed by atoms with Crippen molar-refractivity contribution in [2.75, 3.05) is 17.3 Å². The molecule has 0 radical (unpaired) electrons. The highest BCUT2D eigenvalue weighted by Crippen LogP contribution is 2.32. The topological polar surface area (TPSA) is 62.3 Å². The maximum absolute atomic E-state index is 13.0. The maximum Gasteiger partial charge on any atom is 0.416 e. The number of carbonyl (C=O) groups is 2. The van der Waals surface area contributed by atoms with Gasteiger partial charge in [0.15, 0.2) is 0 Å². The molecular weight excluding hydrogens is 487 g/mol. The summed E-state index contributed by atoms with van der Waals surface area (Å²) in [4.78, 5) is 30.9. The molecule has 3 aromatic carbocycles. The predicted octanol–water partition coefficient (Wildman–Crippen LogP) is 6.76. The number of para-hydroxylation sites is 1. The molecule has 9 heteroatoms. The van der Waals surface area contributed by atoms with Crippen LogP contribution in [-0.4, -0.2) is 23.8 Å². The van der Waals surface area contributed by atoms with Crippen LogP contribution >= 0.6 is 11.3 Å². The normalized spacial score (nSPS) is 11.4. The fourth-order valence-corrected chi connectivity index (χ4v) is 4.14. The van der Waals surface area contributed by atoms with E-state index in [-0.39, 0.29) is 17.2 Å². The van der Waals surface area contributed by atoms with Gasteiger partial charge in [0, 0.05) is 41.5 Å². The molecule has 182 valence electrons. The summed E-state index contributed by atoms with van der Waals surface area (Å²) in [5, 5.41) is 5.47. The van der Waals surface area contributed by atoms with Crippen LogP contribution in [0.2, 0.25) is 0 Å². The quantitative estimate of drug-likeness (QED) is 0.294. The number of hydrogen-bond donors (Lipinski definition) is 1. The van der Waals surface area contributed by atoms with Gasteiger partial charge in [-0.1, -0.05) is 30.3 Å². The van der Waals surface area contributed by atoms with Crippen LogP contribution in [0, 0.1) is 0 Å². The Balaban J connectivity index is 1.47.